The summed E-state index contributed by atoms with van der Waals surface area (Å²) >= 11 is 0. The number of unbranched alkanes of at least 4 members (excludes halogenated alkanes) is 14. The van der Waals surface area contributed by atoms with E-state index in [9.17, 15) is 19.0 Å². The highest BCUT2D eigenvalue weighted by Gasteiger charge is 2.25. The Hall–Kier alpha value is -2.29. The number of ether oxygens (including phenoxy) is 2. The number of phosphoric acid groups is 1. The molecule has 0 bridgehead atoms. The number of rotatable bonds is 37. The van der Waals surface area contributed by atoms with E-state index < -0.39 is 32.5 Å². The summed E-state index contributed by atoms with van der Waals surface area (Å²) in [6.45, 7) is 3.55. The molecule has 0 fully saturated rings. The minimum absolute atomic E-state index is 0.0453. The van der Waals surface area contributed by atoms with E-state index in [1.54, 1.807) is 0 Å². The zero-order valence-corrected chi connectivity index (χ0v) is 33.7. The molecule has 0 aromatic carbocycles. The van der Waals surface area contributed by atoms with E-state index in [4.69, 9.17) is 24.3 Å². The molecule has 0 aliphatic rings. The first-order valence-electron chi connectivity index (χ1n) is 20.3. The lowest BCUT2D eigenvalue weighted by molar-refractivity contribution is -0.161. The largest absolute Gasteiger partial charge is 0.472 e. The summed E-state index contributed by atoms with van der Waals surface area (Å²) < 4.78 is 32.7. The molecule has 3 N–H and O–H groups in total. The van der Waals surface area contributed by atoms with Gasteiger partial charge in [-0.1, -0.05) is 132 Å². The van der Waals surface area contributed by atoms with Gasteiger partial charge in [0.1, 0.15) is 6.61 Å². The van der Waals surface area contributed by atoms with Crippen molar-refractivity contribution in [3.8, 4) is 0 Å². The first kappa shape index (κ1) is 49.7. The van der Waals surface area contributed by atoms with Gasteiger partial charge >= 0.3 is 19.8 Å². The molecule has 10 heteroatoms. The molecular formula is C42H74NO8P. The molecular weight excluding hydrogens is 677 g/mol. The lowest BCUT2D eigenvalue weighted by Gasteiger charge is -2.19. The molecule has 0 rings (SSSR count). The second kappa shape index (κ2) is 38.4. The Balaban J connectivity index is 4.27. The van der Waals surface area contributed by atoms with Gasteiger partial charge in [0.15, 0.2) is 6.10 Å². The Morgan fingerprint density at radius 2 is 1.06 bits per heavy atom. The highest BCUT2D eigenvalue weighted by atomic mass is 31.2. The Morgan fingerprint density at radius 1 is 0.596 bits per heavy atom. The molecule has 0 heterocycles. The van der Waals surface area contributed by atoms with Crippen LogP contribution in [0.3, 0.4) is 0 Å². The summed E-state index contributed by atoms with van der Waals surface area (Å²) in [7, 11) is -4.38. The smallest absolute Gasteiger partial charge is 0.462 e. The Labute approximate surface area is 317 Å². The normalized spacial score (nSPS) is 14.0. The standard InChI is InChI=1S/C42H74NO8P/c1-3-5-7-9-11-13-15-17-19-20-21-23-25-27-29-31-33-35-42(45)51-40(39-50-52(46,47)49-37-36-43)38-48-41(44)34-32-30-28-26-24-22-18-16-14-12-10-8-6-4-2/h5,7,11,13,16-19,21,23,40H,3-4,6,8-10,12,14-15,20,22,24-39,43H2,1-2H3,(H,46,47)/b7-5-,13-11-,18-16-,19-17-,23-21-. The average molecular weight is 752 g/mol. The minimum Gasteiger partial charge on any atom is -0.462 e. The number of hydrogen-bond acceptors (Lipinski definition) is 8. The van der Waals surface area contributed by atoms with Crippen LogP contribution in [0, 0.1) is 0 Å². The highest BCUT2D eigenvalue weighted by molar-refractivity contribution is 7.47. The van der Waals surface area contributed by atoms with Crippen LogP contribution >= 0.6 is 7.82 Å². The molecule has 52 heavy (non-hydrogen) atoms. The van der Waals surface area contributed by atoms with Crippen LogP contribution in [-0.2, 0) is 32.7 Å². The summed E-state index contributed by atoms with van der Waals surface area (Å²) in [6.07, 6.45) is 43.9. The van der Waals surface area contributed by atoms with Gasteiger partial charge in [-0.25, -0.2) is 4.57 Å². The molecule has 2 unspecified atom stereocenters. The van der Waals surface area contributed by atoms with Gasteiger partial charge in [-0.2, -0.15) is 0 Å². The number of allylic oxidation sites excluding steroid dienone is 10. The van der Waals surface area contributed by atoms with Crippen molar-refractivity contribution in [3.05, 3.63) is 60.8 Å². The van der Waals surface area contributed by atoms with Crippen molar-refractivity contribution in [3.63, 3.8) is 0 Å². The van der Waals surface area contributed by atoms with E-state index in [0.717, 1.165) is 83.5 Å². The maximum atomic E-state index is 12.5. The summed E-state index contributed by atoms with van der Waals surface area (Å²) in [5, 5.41) is 0. The van der Waals surface area contributed by atoms with Crippen LogP contribution < -0.4 is 5.73 Å². The molecule has 0 amide bonds. The van der Waals surface area contributed by atoms with Crippen LogP contribution in [0.2, 0.25) is 0 Å². The quantitative estimate of drug-likeness (QED) is 0.0275. The van der Waals surface area contributed by atoms with E-state index in [1.807, 2.05) is 0 Å². The van der Waals surface area contributed by atoms with Gasteiger partial charge in [-0.05, 0) is 77.0 Å². The summed E-state index contributed by atoms with van der Waals surface area (Å²) in [6, 6.07) is 0. The van der Waals surface area contributed by atoms with E-state index >= 15 is 0 Å². The molecule has 2 atom stereocenters. The van der Waals surface area contributed by atoms with Crippen LogP contribution in [0.25, 0.3) is 0 Å². The first-order valence-corrected chi connectivity index (χ1v) is 21.8. The molecule has 9 nitrogen and oxygen atoms in total. The van der Waals surface area contributed by atoms with Gasteiger partial charge in [0.25, 0.3) is 0 Å². The zero-order valence-electron chi connectivity index (χ0n) is 32.8. The first-order chi connectivity index (χ1) is 25.3. The van der Waals surface area contributed by atoms with Crippen molar-refractivity contribution in [1.82, 2.24) is 0 Å². The number of esters is 2. The molecule has 0 spiro atoms. The minimum atomic E-state index is -4.38. The number of phosphoric ester groups is 1. The molecule has 0 aliphatic carbocycles. The second-order valence-corrected chi connectivity index (χ2v) is 14.6. The fourth-order valence-corrected chi connectivity index (χ4v) is 5.91. The number of carbonyl (C=O) groups is 2. The molecule has 0 saturated carbocycles. The number of nitrogens with two attached hydrogens (primary N) is 1. The molecule has 300 valence electrons. The molecule has 0 aliphatic heterocycles. The highest BCUT2D eigenvalue weighted by Crippen LogP contribution is 2.43. The van der Waals surface area contributed by atoms with Crippen LogP contribution in [0.5, 0.6) is 0 Å². The van der Waals surface area contributed by atoms with Gasteiger partial charge in [-0.3, -0.25) is 18.6 Å². The Kier molecular flexibility index (Phi) is 36.7. The third-order valence-electron chi connectivity index (χ3n) is 8.14. The maximum Gasteiger partial charge on any atom is 0.472 e. The van der Waals surface area contributed by atoms with E-state index in [1.165, 1.54) is 38.5 Å². The van der Waals surface area contributed by atoms with Gasteiger partial charge in [0.2, 0.25) is 0 Å². The summed E-state index contributed by atoms with van der Waals surface area (Å²) in [5.41, 5.74) is 5.34. The van der Waals surface area contributed by atoms with Crippen LogP contribution in [0.1, 0.15) is 162 Å². The predicted molar refractivity (Wildman–Crippen MR) is 215 cm³/mol. The van der Waals surface area contributed by atoms with E-state index in [0.29, 0.717) is 12.8 Å². The van der Waals surface area contributed by atoms with Crippen LogP contribution in [0.4, 0.5) is 0 Å². The zero-order chi connectivity index (χ0) is 38.2. The Morgan fingerprint density at radius 3 is 1.60 bits per heavy atom. The van der Waals surface area contributed by atoms with Crippen LogP contribution in [0.15, 0.2) is 60.8 Å². The third-order valence-corrected chi connectivity index (χ3v) is 9.12. The van der Waals surface area contributed by atoms with Crippen molar-refractivity contribution in [2.45, 2.75) is 168 Å². The van der Waals surface area contributed by atoms with Crippen molar-refractivity contribution in [2.75, 3.05) is 26.4 Å². The summed E-state index contributed by atoms with van der Waals surface area (Å²) in [4.78, 5) is 34.8. The van der Waals surface area contributed by atoms with Crippen molar-refractivity contribution < 1.29 is 37.6 Å². The lowest BCUT2D eigenvalue weighted by Crippen LogP contribution is -2.29. The fourth-order valence-electron chi connectivity index (χ4n) is 5.15. The SMILES string of the molecule is CC/C=C\C/C=C\C/C=C\C/C=C\CCCCCCC(=O)OC(COC(=O)CCCCCCC/C=C\CCCCCCC)COP(=O)(O)OCCN. The average Bonchev–Trinajstić information content (AvgIpc) is 3.13. The second-order valence-electron chi connectivity index (χ2n) is 13.1. The predicted octanol–water partition coefficient (Wildman–Crippen LogP) is 11.3. The van der Waals surface area contributed by atoms with E-state index in [2.05, 4.69) is 74.6 Å². The summed E-state index contributed by atoms with van der Waals surface area (Å²) in [5.74, 6) is -0.871. The van der Waals surface area contributed by atoms with Gasteiger partial charge in [-0.15, -0.1) is 0 Å². The van der Waals surface area contributed by atoms with E-state index in [-0.39, 0.29) is 32.6 Å². The lowest BCUT2D eigenvalue weighted by atomic mass is 10.1. The fraction of sp³-hybridized carbons (Fsp3) is 0.714. The third kappa shape index (κ3) is 37.5. The van der Waals surface area contributed by atoms with Crippen molar-refractivity contribution in [1.29, 1.82) is 0 Å². The van der Waals surface area contributed by atoms with Crippen molar-refractivity contribution >= 4 is 19.8 Å². The molecule has 0 aromatic rings. The molecule has 0 aromatic heterocycles. The molecule has 0 saturated heterocycles. The van der Waals surface area contributed by atoms with Gasteiger partial charge in [0, 0.05) is 19.4 Å². The van der Waals surface area contributed by atoms with Gasteiger partial charge in [0.05, 0.1) is 13.2 Å². The Bertz CT molecular complexity index is 1040. The van der Waals surface area contributed by atoms with Crippen LogP contribution in [-0.4, -0.2) is 49.3 Å². The van der Waals surface area contributed by atoms with Crippen molar-refractivity contribution in [2.24, 2.45) is 5.73 Å². The molecule has 0 radical (unpaired) electrons. The monoisotopic (exact) mass is 752 g/mol. The van der Waals surface area contributed by atoms with Gasteiger partial charge < -0.3 is 20.1 Å². The topological polar surface area (TPSA) is 134 Å². The number of carbonyl (C=O) groups excluding carboxylic acids is 2. The maximum absolute atomic E-state index is 12.5. The number of hydrogen-bond donors (Lipinski definition) is 2.